The molecule has 102 valence electrons. The maximum atomic E-state index is 13.7. The number of aromatic nitrogens is 3. The molecule has 0 amide bonds. The molecule has 0 saturated carbocycles. The Kier molecular flexibility index (Phi) is 4.46. The molecule has 1 heterocycles. The first-order valence-corrected chi connectivity index (χ1v) is 6.15. The van der Waals surface area contributed by atoms with Gasteiger partial charge in [0.15, 0.2) is 0 Å². The summed E-state index contributed by atoms with van der Waals surface area (Å²) in [6, 6.07) is 5.26. The standard InChI is InChI=1S/C13H17FN4O/c1-3-15-7-10-4-5-12(14)11(6-10)8-19-13-16-9-18(2)17-13/h4-6,9,15H,3,7-8H2,1-2H3. The average molecular weight is 264 g/mol. The van der Waals surface area contributed by atoms with Crippen LogP contribution in [0, 0.1) is 5.82 Å². The van der Waals surface area contributed by atoms with Crippen LogP contribution in [0.5, 0.6) is 6.01 Å². The molecule has 0 fully saturated rings. The van der Waals surface area contributed by atoms with Crippen LogP contribution in [-0.2, 0) is 20.2 Å². The van der Waals surface area contributed by atoms with E-state index in [1.54, 1.807) is 19.2 Å². The molecule has 1 aromatic carbocycles. The van der Waals surface area contributed by atoms with Gasteiger partial charge in [-0.3, -0.25) is 4.68 Å². The molecule has 1 aromatic heterocycles. The van der Waals surface area contributed by atoms with Gasteiger partial charge in [-0.1, -0.05) is 13.0 Å². The lowest BCUT2D eigenvalue weighted by Crippen LogP contribution is -2.12. The third kappa shape index (κ3) is 3.75. The summed E-state index contributed by atoms with van der Waals surface area (Å²) in [7, 11) is 1.75. The van der Waals surface area contributed by atoms with E-state index in [1.807, 2.05) is 6.92 Å². The van der Waals surface area contributed by atoms with Gasteiger partial charge >= 0.3 is 6.01 Å². The Morgan fingerprint density at radius 1 is 1.42 bits per heavy atom. The summed E-state index contributed by atoms with van der Waals surface area (Å²) >= 11 is 0. The van der Waals surface area contributed by atoms with Gasteiger partial charge in [-0.05, 0) is 24.2 Å². The van der Waals surface area contributed by atoms with Crippen molar-refractivity contribution in [3.8, 4) is 6.01 Å². The topological polar surface area (TPSA) is 52.0 Å². The number of hydrogen-bond acceptors (Lipinski definition) is 4. The molecule has 19 heavy (non-hydrogen) atoms. The Bertz CT molecular complexity index is 541. The molecule has 5 nitrogen and oxygen atoms in total. The molecule has 0 radical (unpaired) electrons. The van der Waals surface area contributed by atoms with Gasteiger partial charge in [0.1, 0.15) is 18.8 Å². The lowest BCUT2D eigenvalue weighted by Gasteiger charge is -2.07. The largest absolute Gasteiger partial charge is 0.457 e. The summed E-state index contributed by atoms with van der Waals surface area (Å²) in [6.07, 6.45) is 1.54. The third-order valence-corrected chi connectivity index (χ3v) is 2.62. The lowest BCUT2D eigenvalue weighted by atomic mass is 10.1. The second kappa shape index (κ2) is 6.29. The van der Waals surface area contributed by atoms with Crippen molar-refractivity contribution in [1.29, 1.82) is 0 Å². The molecule has 0 atom stereocenters. The summed E-state index contributed by atoms with van der Waals surface area (Å²) in [4.78, 5) is 3.93. The predicted molar refractivity (Wildman–Crippen MR) is 69.1 cm³/mol. The smallest absolute Gasteiger partial charge is 0.335 e. The van der Waals surface area contributed by atoms with Crippen molar-refractivity contribution in [2.75, 3.05) is 6.54 Å². The number of nitrogens with one attached hydrogen (secondary N) is 1. The van der Waals surface area contributed by atoms with E-state index in [0.717, 1.165) is 12.1 Å². The Hall–Kier alpha value is -1.95. The van der Waals surface area contributed by atoms with Crippen molar-refractivity contribution < 1.29 is 9.13 Å². The molecular weight excluding hydrogens is 247 g/mol. The van der Waals surface area contributed by atoms with Gasteiger partial charge in [-0.2, -0.15) is 4.98 Å². The van der Waals surface area contributed by atoms with Crippen molar-refractivity contribution in [3.05, 3.63) is 41.5 Å². The number of rotatable bonds is 6. The summed E-state index contributed by atoms with van der Waals surface area (Å²) in [5.74, 6) is -0.281. The van der Waals surface area contributed by atoms with Crippen LogP contribution in [0.3, 0.4) is 0 Å². The van der Waals surface area contributed by atoms with Crippen LogP contribution in [0.4, 0.5) is 4.39 Å². The SMILES string of the molecule is CCNCc1ccc(F)c(COc2ncn(C)n2)c1. The molecular formula is C13H17FN4O. The highest BCUT2D eigenvalue weighted by atomic mass is 19.1. The van der Waals surface area contributed by atoms with Crippen molar-refractivity contribution in [2.45, 2.75) is 20.1 Å². The minimum atomic E-state index is -0.281. The van der Waals surface area contributed by atoms with Gasteiger partial charge in [-0.15, -0.1) is 5.10 Å². The Balaban J connectivity index is 2.02. The highest BCUT2D eigenvalue weighted by Gasteiger charge is 2.06. The van der Waals surface area contributed by atoms with E-state index >= 15 is 0 Å². The molecule has 0 saturated heterocycles. The fourth-order valence-electron chi connectivity index (χ4n) is 1.65. The lowest BCUT2D eigenvalue weighted by molar-refractivity contribution is 0.274. The minimum Gasteiger partial charge on any atom is -0.457 e. The van der Waals surface area contributed by atoms with E-state index in [9.17, 15) is 4.39 Å². The number of hydrogen-bond donors (Lipinski definition) is 1. The van der Waals surface area contributed by atoms with Gasteiger partial charge in [-0.25, -0.2) is 4.39 Å². The predicted octanol–water partition coefficient (Wildman–Crippen LogP) is 1.64. The van der Waals surface area contributed by atoms with Crippen molar-refractivity contribution in [3.63, 3.8) is 0 Å². The van der Waals surface area contributed by atoms with Gasteiger partial charge < -0.3 is 10.1 Å². The fourth-order valence-corrected chi connectivity index (χ4v) is 1.65. The quantitative estimate of drug-likeness (QED) is 0.862. The minimum absolute atomic E-state index is 0.121. The molecule has 1 N–H and O–H groups in total. The van der Waals surface area contributed by atoms with Gasteiger partial charge in [0.2, 0.25) is 0 Å². The Labute approximate surface area is 111 Å². The average Bonchev–Trinajstić information content (AvgIpc) is 2.82. The summed E-state index contributed by atoms with van der Waals surface area (Å²) in [6.45, 7) is 3.74. The van der Waals surface area contributed by atoms with E-state index in [0.29, 0.717) is 12.1 Å². The van der Waals surface area contributed by atoms with Crippen LogP contribution in [0.2, 0.25) is 0 Å². The second-order valence-corrected chi connectivity index (χ2v) is 4.20. The molecule has 2 rings (SSSR count). The van der Waals surface area contributed by atoms with E-state index in [4.69, 9.17) is 4.74 Å². The van der Waals surface area contributed by atoms with E-state index in [2.05, 4.69) is 15.4 Å². The van der Waals surface area contributed by atoms with E-state index < -0.39 is 0 Å². The van der Waals surface area contributed by atoms with Crippen molar-refractivity contribution in [2.24, 2.45) is 7.05 Å². The maximum absolute atomic E-state index is 13.7. The first-order valence-electron chi connectivity index (χ1n) is 6.15. The Morgan fingerprint density at radius 2 is 2.26 bits per heavy atom. The van der Waals surface area contributed by atoms with Crippen LogP contribution in [0.1, 0.15) is 18.1 Å². The van der Waals surface area contributed by atoms with Crippen molar-refractivity contribution >= 4 is 0 Å². The zero-order chi connectivity index (χ0) is 13.7. The van der Waals surface area contributed by atoms with Gasteiger partial charge in [0, 0.05) is 19.2 Å². The molecule has 0 aliphatic heterocycles. The summed E-state index contributed by atoms with van der Waals surface area (Å²) < 4.78 is 20.5. The fraction of sp³-hybridized carbons (Fsp3) is 0.385. The molecule has 0 aliphatic rings. The number of benzene rings is 1. The normalized spacial score (nSPS) is 10.7. The van der Waals surface area contributed by atoms with E-state index in [-0.39, 0.29) is 18.4 Å². The zero-order valence-electron chi connectivity index (χ0n) is 11.1. The molecule has 0 unspecified atom stereocenters. The van der Waals surface area contributed by atoms with Crippen LogP contribution in [0.25, 0.3) is 0 Å². The zero-order valence-corrected chi connectivity index (χ0v) is 11.1. The van der Waals surface area contributed by atoms with Gasteiger partial charge in [0.05, 0.1) is 0 Å². The number of ether oxygens (including phenoxy) is 1. The second-order valence-electron chi connectivity index (χ2n) is 4.20. The number of halogens is 1. The third-order valence-electron chi connectivity index (χ3n) is 2.62. The molecule has 0 spiro atoms. The van der Waals surface area contributed by atoms with Crippen LogP contribution < -0.4 is 10.1 Å². The van der Waals surface area contributed by atoms with Crippen LogP contribution >= 0.6 is 0 Å². The molecule has 2 aromatic rings. The number of aryl methyl sites for hydroxylation is 1. The maximum Gasteiger partial charge on any atom is 0.335 e. The van der Waals surface area contributed by atoms with Crippen molar-refractivity contribution in [1.82, 2.24) is 20.1 Å². The van der Waals surface area contributed by atoms with Gasteiger partial charge in [0.25, 0.3) is 0 Å². The Morgan fingerprint density at radius 3 is 2.95 bits per heavy atom. The van der Waals surface area contributed by atoms with E-state index in [1.165, 1.54) is 17.1 Å². The highest BCUT2D eigenvalue weighted by molar-refractivity contribution is 5.24. The molecule has 0 bridgehead atoms. The van der Waals surface area contributed by atoms with Crippen LogP contribution in [0.15, 0.2) is 24.5 Å². The summed E-state index contributed by atoms with van der Waals surface area (Å²) in [5.41, 5.74) is 1.53. The van der Waals surface area contributed by atoms with Crippen LogP contribution in [-0.4, -0.2) is 21.3 Å². The molecule has 6 heteroatoms. The summed E-state index contributed by atoms with van der Waals surface area (Å²) in [5, 5.41) is 7.17. The molecule has 0 aliphatic carbocycles. The number of nitrogens with zero attached hydrogens (tertiary/aromatic N) is 3. The monoisotopic (exact) mass is 264 g/mol. The first kappa shape index (κ1) is 13.5. The highest BCUT2D eigenvalue weighted by Crippen LogP contribution is 2.13. The first-order chi connectivity index (χ1) is 9.19.